The molecule has 0 spiro atoms. The zero-order valence-electron chi connectivity index (χ0n) is 16.5. The van der Waals surface area contributed by atoms with Crippen LogP contribution in [0.5, 0.6) is 0 Å². The van der Waals surface area contributed by atoms with Crippen LogP contribution in [0.15, 0.2) is 58.3 Å². The quantitative estimate of drug-likeness (QED) is 0.564. The third-order valence-electron chi connectivity index (χ3n) is 4.34. The third-order valence-corrected chi connectivity index (χ3v) is 7.04. The van der Waals surface area contributed by atoms with Crippen molar-refractivity contribution in [2.45, 2.75) is 62.5 Å². The van der Waals surface area contributed by atoms with Crippen LogP contribution in [0.4, 0.5) is 0 Å². The molecule has 0 saturated heterocycles. The summed E-state index contributed by atoms with van der Waals surface area (Å²) in [6.07, 6.45) is -1.33. The molecule has 6 nitrogen and oxygen atoms in total. The van der Waals surface area contributed by atoms with Crippen LogP contribution in [0.3, 0.4) is 0 Å². The van der Waals surface area contributed by atoms with Gasteiger partial charge in [0, 0.05) is 0 Å². The summed E-state index contributed by atoms with van der Waals surface area (Å²) in [6, 6.07) is 12.5. The van der Waals surface area contributed by atoms with Gasteiger partial charge in [-0.05, 0) is 51.0 Å². The first kappa shape index (κ1) is 22.5. The second-order valence-corrected chi connectivity index (χ2v) is 9.76. The number of benzene rings is 2. The lowest BCUT2D eigenvalue weighted by Gasteiger charge is -2.24. The topological polar surface area (TPSA) is 86.7 Å². The molecular weight excluding hydrogens is 400 g/mol. The first-order chi connectivity index (χ1) is 13.1. The molecule has 2 aromatic carbocycles. The van der Waals surface area contributed by atoms with Crippen molar-refractivity contribution in [1.82, 2.24) is 0 Å². The van der Waals surface area contributed by atoms with Crippen LogP contribution in [0, 0.1) is 13.8 Å². The molecule has 8 heteroatoms. The summed E-state index contributed by atoms with van der Waals surface area (Å²) < 4.78 is 61.0. The summed E-state index contributed by atoms with van der Waals surface area (Å²) in [5.41, 5.74) is 1.84. The molecule has 2 rings (SSSR count). The smallest absolute Gasteiger partial charge is 0.260 e. The van der Waals surface area contributed by atoms with Gasteiger partial charge >= 0.3 is 0 Å². The molecule has 0 fully saturated rings. The van der Waals surface area contributed by atoms with Crippen molar-refractivity contribution >= 4 is 20.2 Å². The first-order valence-corrected chi connectivity index (χ1v) is 11.9. The minimum absolute atomic E-state index is 0.0211. The summed E-state index contributed by atoms with van der Waals surface area (Å²) in [6.45, 7) is 7.14. The Morgan fingerprint density at radius 1 is 0.643 bits per heavy atom. The maximum absolute atomic E-state index is 12.6. The van der Waals surface area contributed by atoms with Gasteiger partial charge in [-0.1, -0.05) is 49.2 Å². The van der Waals surface area contributed by atoms with E-state index in [0.717, 1.165) is 11.1 Å². The molecule has 0 amide bonds. The number of hydrogen-bond donors (Lipinski definition) is 0. The standard InChI is InChI=1S/C20H26O6S2/c1-5-19(25-27(21,22)17-11-7-15(3)8-12-17)20(6-2)26-28(23,24)18-13-9-16(4)10-14-18/h7-14,19-20H,5-6H2,1-4H3. The largest absolute Gasteiger partial charge is 0.297 e. The molecular formula is C20H26O6S2. The van der Waals surface area contributed by atoms with Crippen LogP contribution in [0.1, 0.15) is 37.8 Å². The summed E-state index contributed by atoms with van der Waals surface area (Å²) in [4.78, 5) is 0.0422. The number of aryl methyl sites for hydroxylation is 2. The van der Waals surface area contributed by atoms with E-state index < -0.39 is 32.4 Å². The Balaban J connectivity index is 2.22. The van der Waals surface area contributed by atoms with E-state index in [1.165, 1.54) is 24.3 Å². The molecule has 0 aliphatic rings. The van der Waals surface area contributed by atoms with Crippen LogP contribution in [0.2, 0.25) is 0 Å². The molecule has 0 bridgehead atoms. The van der Waals surface area contributed by atoms with Crippen molar-refractivity contribution in [2.75, 3.05) is 0 Å². The normalized spacial score (nSPS) is 14.6. The Kier molecular flexibility index (Phi) is 7.39. The Labute approximate surface area is 167 Å². The average Bonchev–Trinajstić information content (AvgIpc) is 2.65. The van der Waals surface area contributed by atoms with E-state index in [4.69, 9.17) is 8.37 Å². The zero-order valence-corrected chi connectivity index (χ0v) is 18.1. The lowest BCUT2D eigenvalue weighted by Crippen LogP contribution is -2.34. The average molecular weight is 427 g/mol. The Bertz CT molecular complexity index is 894. The summed E-state index contributed by atoms with van der Waals surface area (Å²) in [7, 11) is -8.09. The molecule has 154 valence electrons. The highest BCUT2D eigenvalue weighted by molar-refractivity contribution is 7.87. The minimum atomic E-state index is -4.04. The molecule has 0 aromatic heterocycles. The molecule has 0 saturated carbocycles. The van der Waals surface area contributed by atoms with E-state index in [0.29, 0.717) is 0 Å². The molecule has 28 heavy (non-hydrogen) atoms. The Morgan fingerprint density at radius 2 is 0.929 bits per heavy atom. The van der Waals surface area contributed by atoms with Crippen molar-refractivity contribution in [2.24, 2.45) is 0 Å². The van der Waals surface area contributed by atoms with E-state index in [2.05, 4.69) is 0 Å². The van der Waals surface area contributed by atoms with Crippen molar-refractivity contribution in [1.29, 1.82) is 0 Å². The van der Waals surface area contributed by atoms with Crippen LogP contribution in [-0.2, 0) is 28.6 Å². The van der Waals surface area contributed by atoms with Gasteiger partial charge in [0.05, 0.1) is 9.79 Å². The monoisotopic (exact) mass is 426 g/mol. The molecule has 0 aliphatic heterocycles. The lowest BCUT2D eigenvalue weighted by atomic mass is 10.1. The lowest BCUT2D eigenvalue weighted by molar-refractivity contribution is 0.0577. The number of rotatable bonds is 9. The van der Waals surface area contributed by atoms with E-state index in [9.17, 15) is 16.8 Å². The van der Waals surface area contributed by atoms with Crippen molar-refractivity contribution in [3.63, 3.8) is 0 Å². The van der Waals surface area contributed by atoms with Gasteiger partial charge in [-0.15, -0.1) is 0 Å². The highest BCUT2D eigenvalue weighted by atomic mass is 32.2. The Morgan fingerprint density at radius 3 is 1.18 bits per heavy atom. The van der Waals surface area contributed by atoms with E-state index in [-0.39, 0.29) is 22.6 Å². The third kappa shape index (κ3) is 5.64. The van der Waals surface area contributed by atoms with Crippen LogP contribution < -0.4 is 0 Å². The highest BCUT2D eigenvalue weighted by Crippen LogP contribution is 2.24. The van der Waals surface area contributed by atoms with E-state index >= 15 is 0 Å². The van der Waals surface area contributed by atoms with Crippen LogP contribution in [-0.4, -0.2) is 29.0 Å². The van der Waals surface area contributed by atoms with Gasteiger partial charge in [-0.3, -0.25) is 8.37 Å². The Hall–Kier alpha value is -1.74. The van der Waals surface area contributed by atoms with Gasteiger partial charge < -0.3 is 0 Å². The fourth-order valence-electron chi connectivity index (χ4n) is 2.63. The number of hydrogen-bond acceptors (Lipinski definition) is 6. The maximum Gasteiger partial charge on any atom is 0.297 e. The van der Waals surface area contributed by atoms with Gasteiger partial charge in [0.2, 0.25) is 0 Å². The van der Waals surface area contributed by atoms with Gasteiger partial charge in [-0.2, -0.15) is 16.8 Å². The van der Waals surface area contributed by atoms with Gasteiger partial charge in [-0.25, -0.2) is 0 Å². The van der Waals surface area contributed by atoms with Crippen molar-refractivity contribution < 1.29 is 25.2 Å². The maximum atomic E-state index is 12.6. The molecule has 2 atom stereocenters. The molecule has 0 heterocycles. The second kappa shape index (κ2) is 9.17. The van der Waals surface area contributed by atoms with E-state index in [1.807, 2.05) is 13.8 Å². The fraction of sp³-hybridized carbons (Fsp3) is 0.400. The molecule has 0 aliphatic carbocycles. The highest BCUT2D eigenvalue weighted by Gasteiger charge is 2.31. The summed E-state index contributed by atoms with van der Waals surface area (Å²) in [5, 5.41) is 0. The van der Waals surface area contributed by atoms with E-state index in [1.54, 1.807) is 38.1 Å². The van der Waals surface area contributed by atoms with Gasteiger partial charge in [0.15, 0.2) is 0 Å². The SMILES string of the molecule is CCC(OS(=O)(=O)c1ccc(C)cc1)C(CC)OS(=O)(=O)c1ccc(C)cc1. The molecule has 2 aromatic rings. The van der Waals surface area contributed by atoms with Crippen molar-refractivity contribution in [3.05, 3.63) is 59.7 Å². The molecule has 0 radical (unpaired) electrons. The van der Waals surface area contributed by atoms with Gasteiger partial charge in [0.25, 0.3) is 20.2 Å². The fourth-order valence-corrected chi connectivity index (χ4v) is 4.96. The predicted molar refractivity (Wildman–Crippen MR) is 107 cm³/mol. The predicted octanol–water partition coefficient (Wildman–Crippen LogP) is 3.97. The molecule has 2 unspecified atom stereocenters. The minimum Gasteiger partial charge on any atom is -0.260 e. The first-order valence-electron chi connectivity index (χ1n) is 9.09. The molecule has 0 N–H and O–H groups in total. The summed E-state index contributed by atoms with van der Waals surface area (Å²) in [5.74, 6) is 0. The van der Waals surface area contributed by atoms with Crippen LogP contribution >= 0.6 is 0 Å². The second-order valence-electron chi connectivity index (χ2n) is 6.62. The van der Waals surface area contributed by atoms with Crippen LogP contribution in [0.25, 0.3) is 0 Å². The van der Waals surface area contributed by atoms with Gasteiger partial charge in [0.1, 0.15) is 12.2 Å². The van der Waals surface area contributed by atoms with Crippen molar-refractivity contribution in [3.8, 4) is 0 Å². The summed E-state index contributed by atoms with van der Waals surface area (Å²) >= 11 is 0. The zero-order chi connectivity index (χ0) is 20.9.